The largest absolute Gasteiger partial charge is 0.368 e. The summed E-state index contributed by atoms with van der Waals surface area (Å²) in [4.78, 5) is 11.7. The second kappa shape index (κ2) is 5.68. The molecule has 7 heteroatoms. The molecule has 0 aliphatic carbocycles. The molecular weight excluding hydrogens is 268 g/mol. The Morgan fingerprint density at radius 1 is 1.37 bits per heavy atom. The third-order valence-electron chi connectivity index (χ3n) is 2.94. The predicted octanol–water partition coefficient (Wildman–Crippen LogP) is 0.129. The van der Waals surface area contributed by atoms with E-state index in [1.54, 1.807) is 12.1 Å². The molecule has 1 amide bonds. The molecule has 0 saturated carbocycles. The minimum Gasteiger partial charge on any atom is -0.368 e. The van der Waals surface area contributed by atoms with Gasteiger partial charge in [-0.05, 0) is 30.5 Å². The van der Waals surface area contributed by atoms with E-state index >= 15 is 0 Å². The number of hydrogen-bond acceptors (Lipinski definition) is 4. The normalized spacial score (nSPS) is 19.3. The number of amides is 1. The number of nitrogens with two attached hydrogens (primary N) is 1. The van der Waals surface area contributed by atoms with Crippen molar-refractivity contribution in [3.8, 4) is 0 Å². The third kappa shape index (κ3) is 3.76. The second-order valence-electron chi connectivity index (χ2n) is 4.41. The van der Waals surface area contributed by atoms with Crippen molar-refractivity contribution in [3.63, 3.8) is 0 Å². The molecule has 1 unspecified atom stereocenters. The van der Waals surface area contributed by atoms with Gasteiger partial charge in [-0.1, -0.05) is 12.1 Å². The standard InChI is InChI=1S/C12H16N2O4S/c13-19(16,17)10-5-3-9(4-6-10)8-14-12(15)11-2-1-7-18-11/h3-6,11H,1-2,7-8H2,(H,14,15)(H2,13,16,17). The van der Waals surface area contributed by atoms with E-state index in [0.717, 1.165) is 18.4 Å². The SMILES string of the molecule is NS(=O)(=O)c1ccc(CNC(=O)C2CCCO2)cc1. The Bertz CT molecular complexity index is 548. The maximum absolute atomic E-state index is 11.7. The highest BCUT2D eigenvalue weighted by Crippen LogP contribution is 2.12. The maximum atomic E-state index is 11.7. The van der Waals surface area contributed by atoms with Crippen LogP contribution in [0.3, 0.4) is 0 Å². The quantitative estimate of drug-likeness (QED) is 0.821. The van der Waals surface area contributed by atoms with Gasteiger partial charge in [0.1, 0.15) is 6.10 Å². The fraction of sp³-hybridized carbons (Fsp3) is 0.417. The van der Waals surface area contributed by atoms with Gasteiger partial charge in [0.2, 0.25) is 15.9 Å². The first kappa shape index (κ1) is 14.0. The van der Waals surface area contributed by atoms with E-state index in [1.165, 1.54) is 12.1 Å². The van der Waals surface area contributed by atoms with Gasteiger partial charge in [-0.15, -0.1) is 0 Å². The van der Waals surface area contributed by atoms with Crippen molar-refractivity contribution >= 4 is 15.9 Å². The van der Waals surface area contributed by atoms with Crippen LogP contribution in [-0.4, -0.2) is 27.0 Å². The van der Waals surface area contributed by atoms with Crippen molar-refractivity contribution in [2.24, 2.45) is 5.14 Å². The zero-order valence-electron chi connectivity index (χ0n) is 10.3. The first-order valence-electron chi connectivity index (χ1n) is 5.98. The van der Waals surface area contributed by atoms with Crippen LogP contribution < -0.4 is 10.5 Å². The second-order valence-corrected chi connectivity index (χ2v) is 5.97. The highest BCUT2D eigenvalue weighted by Gasteiger charge is 2.22. The van der Waals surface area contributed by atoms with Gasteiger partial charge in [0, 0.05) is 13.2 Å². The maximum Gasteiger partial charge on any atom is 0.249 e. The van der Waals surface area contributed by atoms with Gasteiger partial charge in [-0.3, -0.25) is 4.79 Å². The summed E-state index contributed by atoms with van der Waals surface area (Å²) in [5.41, 5.74) is 0.804. The van der Waals surface area contributed by atoms with Gasteiger partial charge < -0.3 is 10.1 Å². The van der Waals surface area contributed by atoms with Crippen molar-refractivity contribution in [2.45, 2.75) is 30.4 Å². The number of rotatable bonds is 4. The molecule has 19 heavy (non-hydrogen) atoms. The van der Waals surface area contributed by atoms with Crippen molar-refractivity contribution in [3.05, 3.63) is 29.8 Å². The van der Waals surface area contributed by atoms with Crippen LogP contribution >= 0.6 is 0 Å². The molecule has 0 spiro atoms. The van der Waals surface area contributed by atoms with E-state index in [2.05, 4.69) is 5.32 Å². The van der Waals surface area contributed by atoms with Gasteiger partial charge in [-0.2, -0.15) is 0 Å². The molecular formula is C12H16N2O4S. The smallest absolute Gasteiger partial charge is 0.249 e. The minimum atomic E-state index is -3.67. The summed E-state index contributed by atoms with van der Waals surface area (Å²) < 4.78 is 27.4. The van der Waals surface area contributed by atoms with Gasteiger partial charge in [-0.25, -0.2) is 13.6 Å². The number of hydrogen-bond donors (Lipinski definition) is 2. The minimum absolute atomic E-state index is 0.0571. The van der Waals surface area contributed by atoms with Crippen LogP contribution in [0.1, 0.15) is 18.4 Å². The lowest BCUT2D eigenvalue weighted by Crippen LogP contribution is -2.33. The molecule has 6 nitrogen and oxygen atoms in total. The first-order valence-corrected chi connectivity index (χ1v) is 7.52. The van der Waals surface area contributed by atoms with Crippen LogP contribution in [0.4, 0.5) is 0 Å². The highest BCUT2D eigenvalue weighted by molar-refractivity contribution is 7.89. The van der Waals surface area contributed by atoms with Crippen molar-refractivity contribution in [1.82, 2.24) is 5.32 Å². The summed E-state index contributed by atoms with van der Waals surface area (Å²) >= 11 is 0. The van der Waals surface area contributed by atoms with Gasteiger partial charge in [0.15, 0.2) is 0 Å². The molecule has 1 aromatic carbocycles. The van der Waals surface area contributed by atoms with Gasteiger partial charge in [0.25, 0.3) is 0 Å². The lowest BCUT2D eigenvalue weighted by Gasteiger charge is -2.10. The zero-order valence-corrected chi connectivity index (χ0v) is 11.2. The summed E-state index contributed by atoms with van der Waals surface area (Å²) in [6, 6.07) is 6.08. The van der Waals surface area contributed by atoms with E-state index in [0.29, 0.717) is 13.2 Å². The molecule has 104 valence electrons. The van der Waals surface area contributed by atoms with E-state index in [-0.39, 0.29) is 16.9 Å². The molecule has 0 radical (unpaired) electrons. The first-order chi connectivity index (χ1) is 8.97. The van der Waals surface area contributed by atoms with Gasteiger partial charge >= 0.3 is 0 Å². The van der Waals surface area contributed by atoms with E-state index < -0.39 is 10.0 Å². The van der Waals surface area contributed by atoms with Crippen molar-refractivity contribution in [1.29, 1.82) is 0 Å². The Kier molecular flexibility index (Phi) is 4.18. The topological polar surface area (TPSA) is 98.5 Å². The molecule has 1 aromatic rings. The average Bonchev–Trinajstić information content (AvgIpc) is 2.89. The number of primary sulfonamides is 1. The van der Waals surface area contributed by atoms with Crippen LogP contribution in [0.5, 0.6) is 0 Å². The average molecular weight is 284 g/mol. The zero-order chi connectivity index (χ0) is 13.9. The Morgan fingerprint density at radius 2 is 2.05 bits per heavy atom. The van der Waals surface area contributed by atoms with E-state index in [1.807, 2.05) is 0 Å². The number of benzene rings is 1. The Hall–Kier alpha value is -1.44. The lowest BCUT2D eigenvalue weighted by atomic mass is 10.2. The third-order valence-corrected chi connectivity index (χ3v) is 3.87. The summed E-state index contributed by atoms with van der Waals surface area (Å²) in [5.74, 6) is -0.131. The molecule has 0 bridgehead atoms. The summed E-state index contributed by atoms with van der Waals surface area (Å²) in [6.07, 6.45) is 1.29. The number of nitrogens with one attached hydrogen (secondary N) is 1. The van der Waals surface area contributed by atoms with E-state index in [9.17, 15) is 13.2 Å². The highest BCUT2D eigenvalue weighted by atomic mass is 32.2. The summed E-state index contributed by atoms with van der Waals surface area (Å²) in [6.45, 7) is 0.963. The molecule has 1 aliphatic rings. The number of carbonyl (C=O) groups is 1. The summed E-state index contributed by atoms with van der Waals surface area (Å²) in [5, 5.41) is 7.75. The number of ether oxygens (including phenoxy) is 1. The van der Waals surface area contributed by atoms with Crippen LogP contribution in [0.15, 0.2) is 29.2 Å². The van der Waals surface area contributed by atoms with Crippen LogP contribution in [0.2, 0.25) is 0 Å². The summed E-state index contributed by atoms with van der Waals surface area (Å²) in [7, 11) is -3.67. The van der Waals surface area contributed by atoms with Crippen molar-refractivity contribution in [2.75, 3.05) is 6.61 Å². The van der Waals surface area contributed by atoms with E-state index in [4.69, 9.17) is 9.88 Å². The fourth-order valence-corrected chi connectivity index (χ4v) is 2.40. The Labute approximate surface area is 112 Å². The lowest BCUT2D eigenvalue weighted by molar-refractivity contribution is -0.130. The molecule has 2 rings (SSSR count). The number of carbonyl (C=O) groups excluding carboxylic acids is 1. The van der Waals surface area contributed by atoms with Crippen LogP contribution in [0.25, 0.3) is 0 Å². The fourth-order valence-electron chi connectivity index (χ4n) is 1.88. The van der Waals surface area contributed by atoms with Crippen molar-refractivity contribution < 1.29 is 17.9 Å². The Morgan fingerprint density at radius 3 is 2.58 bits per heavy atom. The monoisotopic (exact) mass is 284 g/mol. The molecule has 1 fully saturated rings. The molecule has 1 aliphatic heterocycles. The molecule has 1 heterocycles. The molecule has 0 aromatic heterocycles. The molecule has 1 atom stereocenters. The van der Waals surface area contributed by atoms with Crippen LogP contribution in [-0.2, 0) is 26.1 Å². The van der Waals surface area contributed by atoms with Crippen LogP contribution in [0, 0.1) is 0 Å². The predicted molar refractivity (Wildman–Crippen MR) is 68.6 cm³/mol. The molecule has 3 N–H and O–H groups in total. The van der Waals surface area contributed by atoms with Gasteiger partial charge in [0.05, 0.1) is 4.90 Å². The number of sulfonamides is 1. The Balaban J connectivity index is 1.91. The molecule has 1 saturated heterocycles.